The van der Waals surface area contributed by atoms with E-state index in [1.54, 1.807) is 24.4 Å². The van der Waals surface area contributed by atoms with Crippen molar-refractivity contribution >= 4 is 32.6 Å². The van der Waals surface area contributed by atoms with Crippen molar-refractivity contribution in [1.82, 2.24) is 15.0 Å². The van der Waals surface area contributed by atoms with Gasteiger partial charge in [-0.15, -0.1) is 0 Å². The first kappa shape index (κ1) is 17.7. The van der Waals surface area contributed by atoms with Gasteiger partial charge >= 0.3 is 0 Å². The van der Waals surface area contributed by atoms with Crippen LogP contribution in [0.5, 0.6) is 23.1 Å². The van der Waals surface area contributed by atoms with Gasteiger partial charge in [0.25, 0.3) is 5.91 Å². The van der Waals surface area contributed by atoms with Crippen molar-refractivity contribution in [2.24, 2.45) is 0 Å². The summed E-state index contributed by atoms with van der Waals surface area (Å²) in [6.45, 7) is 0. The van der Waals surface area contributed by atoms with Crippen LogP contribution in [-0.4, -0.2) is 33.1 Å². The van der Waals surface area contributed by atoms with E-state index in [0.717, 1.165) is 4.70 Å². The lowest BCUT2D eigenvalue weighted by Crippen LogP contribution is -2.13. The van der Waals surface area contributed by atoms with Crippen LogP contribution in [0.15, 0.2) is 54.9 Å². The minimum absolute atomic E-state index is 0.141. The Morgan fingerprint density at radius 3 is 2.82 bits per heavy atom. The number of nitrogens with one attached hydrogen (secondary N) is 1. The fraction of sp³-hybridized carbons (Fsp3) is 0.0526. The van der Waals surface area contributed by atoms with Crippen molar-refractivity contribution in [1.29, 1.82) is 0 Å². The van der Waals surface area contributed by atoms with Crippen LogP contribution in [0.4, 0.5) is 5.13 Å². The van der Waals surface area contributed by atoms with Gasteiger partial charge in [0.1, 0.15) is 5.75 Å². The Morgan fingerprint density at radius 1 is 1.14 bits per heavy atom. The zero-order valence-corrected chi connectivity index (χ0v) is 15.4. The SMILES string of the molecule is COc1ccnc(C(=O)Nc2nc3ccc(Oc4ccccn4)cc3s2)c1O. The average molecular weight is 394 g/mol. The van der Waals surface area contributed by atoms with Crippen LogP contribution in [0, 0.1) is 0 Å². The Morgan fingerprint density at radius 2 is 2.04 bits per heavy atom. The van der Waals surface area contributed by atoms with Crippen LogP contribution in [0.25, 0.3) is 10.2 Å². The molecule has 140 valence electrons. The smallest absolute Gasteiger partial charge is 0.280 e. The summed E-state index contributed by atoms with van der Waals surface area (Å²) in [5.41, 5.74) is 0.564. The van der Waals surface area contributed by atoms with Crippen molar-refractivity contribution in [2.75, 3.05) is 12.4 Å². The number of anilines is 1. The Bertz CT molecular complexity index is 1150. The number of methoxy groups -OCH3 is 1. The van der Waals surface area contributed by atoms with E-state index < -0.39 is 5.91 Å². The summed E-state index contributed by atoms with van der Waals surface area (Å²) in [7, 11) is 1.40. The lowest BCUT2D eigenvalue weighted by atomic mass is 10.3. The number of carbonyl (C=O) groups is 1. The first-order chi connectivity index (χ1) is 13.6. The van der Waals surface area contributed by atoms with Gasteiger partial charge in [-0.2, -0.15) is 0 Å². The van der Waals surface area contributed by atoms with Gasteiger partial charge in [0.05, 0.1) is 17.3 Å². The molecule has 9 heteroatoms. The maximum atomic E-state index is 12.4. The van der Waals surface area contributed by atoms with Crippen molar-refractivity contribution in [3.05, 3.63) is 60.6 Å². The maximum absolute atomic E-state index is 12.4. The van der Waals surface area contributed by atoms with E-state index in [1.807, 2.05) is 18.2 Å². The molecule has 0 aliphatic heterocycles. The van der Waals surface area contributed by atoms with Gasteiger partial charge in [-0.05, 0) is 18.2 Å². The molecule has 0 saturated carbocycles. The molecule has 1 aromatic carbocycles. The van der Waals surface area contributed by atoms with E-state index in [-0.39, 0.29) is 17.2 Å². The van der Waals surface area contributed by atoms with Crippen LogP contribution in [0.2, 0.25) is 0 Å². The zero-order valence-electron chi connectivity index (χ0n) is 14.6. The molecular formula is C19H14N4O4S. The average Bonchev–Trinajstić information content (AvgIpc) is 3.10. The number of fused-ring (bicyclic) bond motifs is 1. The summed E-state index contributed by atoms with van der Waals surface area (Å²) in [5, 5.41) is 13.1. The second-order valence-electron chi connectivity index (χ2n) is 5.58. The molecule has 0 radical (unpaired) electrons. The van der Waals surface area contributed by atoms with Crippen LogP contribution < -0.4 is 14.8 Å². The minimum atomic E-state index is -0.583. The number of rotatable bonds is 5. The van der Waals surface area contributed by atoms with Gasteiger partial charge in [0.15, 0.2) is 22.3 Å². The van der Waals surface area contributed by atoms with Gasteiger partial charge in [-0.25, -0.2) is 15.0 Å². The van der Waals surface area contributed by atoms with Crippen molar-refractivity contribution in [3.8, 4) is 23.1 Å². The largest absolute Gasteiger partial charge is 0.503 e. The first-order valence-corrected chi connectivity index (χ1v) is 8.98. The minimum Gasteiger partial charge on any atom is -0.503 e. The zero-order chi connectivity index (χ0) is 19.5. The fourth-order valence-electron chi connectivity index (χ4n) is 2.47. The number of nitrogens with zero attached hydrogens (tertiary/aromatic N) is 3. The number of ether oxygens (including phenoxy) is 2. The highest BCUT2D eigenvalue weighted by atomic mass is 32.1. The maximum Gasteiger partial charge on any atom is 0.280 e. The van der Waals surface area contributed by atoms with Gasteiger partial charge in [0.2, 0.25) is 5.88 Å². The molecule has 0 fully saturated rings. The predicted molar refractivity (Wildman–Crippen MR) is 104 cm³/mol. The number of benzene rings is 1. The predicted octanol–water partition coefficient (Wildman–Crippen LogP) is 3.85. The number of aromatic nitrogens is 3. The molecule has 0 bridgehead atoms. The number of thiazole rings is 1. The Balaban J connectivity index is 1.56. The molecule has 0 atom stereocenters. The fourth-order valence-corrected chi connectivity index (χ4v) is 3.36. The van der Waals surface area contributed by atoms with E-state index in [9.17, 15) is 9.90 Å². The van der Waals surface area contributed by atoms with Crippen LogP contribution in [0.3, 0.4) is 0 Å². The molecule has 3 aromatic heterocycles. The molecule has 4 rings (SSSR count). The third kappa shape index (κ3) is 3.55. The number of carbonyl (C=O) groups excluding carboxylic acids is 1. The molecule has 0 unspecified atom stereocenters. The molecule has 0 saturated heterocycles. The van der Waals surface area contributed by atoms with E-state index in [4.69, 9.17) is 9.47 Å². The van der Waals surface area contributed by atoms with Crippen molar-refractivity contribution in [3.63, 3.8) is 0 Å². The van der Waals surface area contributed by atoms with Gasteiger partial charge < -0.3 is 14.6 Å². The molecular weight excluding hydrogens is 380 g/mol. The molecule has 0 aliphatic carbocycles. The summed E-state index contributed by atoms with van der Waals surface area (Å²) in [6.07, 6.45) is 3.03. The van der Waals surface area contributed by atoms with Crippen LogP contribution >= 0.6 is 11.3 Å². The first-order valence-electron chi connectivity index (χ1n) is 8.17. The molecule has 28 heavy (non-hydrogen) atoms. The lowest BCUT2D eigenvalue weighted by Gasteiger charge is -2.06. The topological polar surface area (TPSA) is 106 Å². The lowest BCUT2D eigenvalue weighted by molar-refractivity contribution is 0.101. The van der Waals surface area contributed by atoms with Crippen molar-refractivity contribution in [2.45, 2.75) is 0 Å². The summed E-state index contributed by atoms with van der Waals surface area (Å²) >= 11 is 1.28. The van der Waals surface area contributed by atoms with Gasteiger partial charge in [-0.1, -0.05) is 17.4 Å². The van der Waals surface area contributed by atoms with Crippen LogP contribution in [-0.2, 0) is 0 Å². The summed E-state index contributed by atoms with van der Waals surface area (Å²) in [4.78, 5) is 24.8. The van der Waals surface area contributed by atoms with E-state index in [2.05, 4.69) is 20.3 Å². The molecule has 3 heterocycles. The third-order valence-electron chi connectivity index (χ3n) is 3.76. The van der Waals surface area contributed by atoms with Crippen molar-refractivity contribution < 1.29 is 19.4 Å². The van der Waals surface area contributed by atoms with E-state index in [1.165, 1.54) is 30.7 Å². The number of amides is 1. The van der Waals surface area contributed by atoms with Gasteiger partial charge in [-0.3, -0.25) is 10.1 Å². The number of hydrogen-bond acceptors (Lipinski definition) is 8. The molecule has 8 nitrogen and oxygen atoms in total. The molecule has 0 spiro atoms. The highest BCUT2D eigenvalue weighted by Gasteiger charge is 2.18. The van der Waals surface area contributed by atoms with E-state index in [0.29, 0.717) is 22.3 Å². The Kier molecular flexibility index (Phi) is 4.73. The number of hydrogen-bond donors (Lipinski definition) is 2. The summed E-state index contributed by atoms with van der Waals surface area (Å²) < 4.78 is 11.5. The normalized spacial score (nSPS) is 10.6. The number of pyridine rings is 2. The van der Waals surface area contributed by atoms with E-state index >= 15 is 0 Å². The summed E-state index contributed by atoms with van der Waals surface area (Å²) in [5.74, 6) is 0.357. The Hall–Kier alpha value is -3.72. The standard InChI is InChI=1S/C19H14N4O4S/c1-26-13-7-9-21-16(17(13)24)18(25)23-19-22-12-6-5-11(10-14(12)28-19)27-15-4-2-3-8-20-15/h2-10,24H,1H3,(H,22,23,25). The second kappa shape index (κ2) is 7.49. The quantitative estimate of drug-likeness (QED) is 0.529. The molecule has 2 N–H and O–H groups in total. The molecule has 4 aromatic rings. The Labute approximate surface area is 163 Å². The molecule has 0 aliphatic rings. The second-order valence-corrected chi connectivity index (χ2v) is 6.61. The number of aromatic hydroxyl groups is 1. The van der Waals surface area contributed by atoms with Gasteiger partial charge in [0, 0.05) is 30.6 Å². The monoisotopic (exact) mass is 394 g/mol. The van der Waals surface area contributed by atoms with Crippen LogP contribution in [0.1, 0.15) is 10.5 Å². The highest BCUT2D eigenvalue weighted by molar-refractivity contribution is 7.22. The summed E-state index contributed by atoms with van der Waals surface area (Å²) in [6, 6.07) is 12.3. The third-order valence-corrected chi connectivity index (χ3v) is 4.70. The highest BCUT2D eigenvalue weighted by Crippen LogP contribution is 2.32. The molecule has 1 amide bonds.